The molecule has 0 aromatic carbocycles. The molecular weight excluding hydrogens is 662 g/mol. The number of halogens is 12. The summed E-state index contributed by atoms with van der Waals surface area (Å²) >= 11 is 0. The first-order chi connectivity index (χ1) is 19.0. The highest BCUT2D eigenvalue weighted by Crippen LogP contribution is 2.85. The van der Waals surface area contributed by atoms with Crippen molar-refractivity contribution in [2.45, 2.75) is 129 Å². The van der Waals surface area contributed by atoms with Gasteiger partial charge in [-0.15, -0.1) is 0 Å². The lowest BCUT2D eigenvalue weighted by Crippen LogP contribution is -2.79. The minimum atomic E-state index is -5.41. The standard InChI is InChI=1S/C23H26F12O6P2/c1-12-8-16(20(24,25)26)39-13(2,36-12)9-17(38-12,21(27,28)29)42(16)6-5-7-43-18(22(30,31)32)10-14(3)37-15(4,41-18)11-19(43,40-14)23(33,34)35/h5-11H2,1-4H3/t12-,13-,14-,15-,16-,17-,18-,19-/m0/s1. The number of hydrogen-bond donors (Lipinski definition) is 0. The van der Waals surface area contributed by atoms with E-state index in [-0.39, 0.29) is 0 Å². The van der Waals surface area contributed by atoms with Crippen LogP contribution in [0.25, 0.3) is 0 Å². The Labute approximate surface area is 238 Å². The molecule has 8 aliphatic rings. The third-order valence-electron chi connectivity index (χ3n) is 8.92. The van der Waals surface area contributed by atoms with Crippen molar-refractivity contribution in [2.75, 3.05) is 12.3 Å². The molecule has 8 heterocycles. The lowest BCUT2D eigenvalue weighted by molar-refractivity contribution is -0.513. The van der Waals surface area contributed by atoms with Crippen molar-refractivity contribution >= 4 is 15.8 Å². The summed E-state index contributed by atoms with van der Waals surface area (Å²) in [7, 11) is -7.00. The maximum Gasteiger partial charge on any atom is 0.421 e. The topological polar surface area (TPSA) is 55.4 Å². The Morgan fingerprint density at radius 3 is 0.814 bits per heavy atom. The highest BCUT2D eigenvalue weighted by atomic mass is 31.1. The van der Waals surface area contributed by atoms with Gasteiger partial charge in [0.15, 0.2) is 44.5 Å². The number of rotatable bonds is 4. The van der Waals surface area contributed by atoms with Crippen molar-refractivity contribution < 1.29 is 81.1 Å². The number of ether oxygens (including phenoxy) is 6. The van der Waals surface area contributed by atoms with E-state index in [1.807, 2.05) is 0 Å². The maximum atomic E-state index is 14.7. The van der Waals surface area contributed by atoms with Crippen molar-refractivity contribution in [3.8, 4) is 0 Å². The molecular formula is C23H26F12O6P2. The van der Waals surface area contributed by atoms with E-state index < -0.39 is 129 Å². The quantitative estimate of drug-likeness (QED) is 0.221. The lowest BCUT2D eigenvalue weighted by atomic mass is 9.96. The summed E-state index contributed by atoms with van der Waals surface area (Å²) in [5.41, 5.74) is 0. The summed E-state index contributed by atoms with van der Waals surface area (Å²) in [4.78, 5) is 0. The van der Waals surface area contributed by atoms with Crippen LogP contribution in [0.15, 0.2) is 0 Å². The van der Waals surface area contributed by atoms with Gasteiger partial charge in [0.1, 0.15) is 0 Å². The van der Waals surface area contributed by atoms with E-state index in [9.17, 15) is 52.7 Å². The fourth-order valence-electron chi connectivity index (χ4n) is 8.14. The van der Waals surface area contributed by atoms with Gasteiger partial charge in [-0.3, -0.25) is 0 Å². The highest BCUT2D eigenvalue weighted by molar-refractivity contribution is 7.62. The minimum absolute atomic E-state index is 0.884. The fraction of sp³-hybridized carbons (Fsp3) is 1.00. The summed E-state index contributed by atoms with van der Waals surface area (Å²) in [6.07, 6.45) is -29.4. The zero-order valence-corrected chi connectivity index (χ0v) is 24.6. The first-order valence-electron chi connectivity index (χ1n) is 13.1. The normalized spacial score (nSPS) is 52.7. The van der Waals surface area contributed by atoms with Crippen LogP contribution < -0.4 is 0 Å². The van der Waals surface area contributed by atoms with Gasteiger partial charge in [-0.2, -0.15) is 52.7 Å². The van der Waals surface area contributed by atoms with Gasteiger partial charge in [-0.25, -0.2) is 0 Å². The molecule has 0 saturated carbocycles. The van der Waals surface area contributed by atoms with Gasteiger partial charge in [0.25, 0.3) is 0 Å². The van der Waals surface area contributed by atoms with Gasteiger partial charge >= 0.3 is 24.7 Å². The molecule has 0 spiro atoms. The Balaban J connectivity index is 1.40. The zero-order chi connectivity index (χ0) is 32.3. The third-order valence-corrected chi connectivity index (χ3v) is 16.0. The van der Waals surface area contributed by atoms with E-state index in [2.05, 4.69) is 0 Å². The molecule has 8 rings (SSSR count). The second kappa shape index (κ2) is 8.43. The van der Waals surface area contributed by atoms with Gasteiger partial charge in [0.2, 0.25) is 0 Å². The van der Waals surface area contributed by atoms with Crippen LogP contribution in [0.3, 0.4) is 0 Å². The molecule has 248 valence electrons. The smallest absolute Gasteiger partial charge is 0.329 e. The van der Waals surface area contributed by atoms with Crippen molar-refractivity contribution in [1.82, 2.24) is 0 Å². The Hall–Kier alpha value is -0.220. The average molecular weight is 688 g/mol. The predicted octanol–water partition coefficient (Wildman–Crippen LogP) is 7.98. The summed E-state index contributed by atoms with van der Waals surface area (Å²) in [6.45, 7) is 3.65. The Morgan fingerprint density at radius 2 is 0.628 bits per heavy atom. The number of hydrogen-bond acceptors (Lipinski definition) is 6. The molecule has 0 aromatic rings. The SMILES string of the molecule is C[C@@]12C[C@]3(C(F)(F)F)O[C@@](C)(C[C@](C(F)(F)F)(O1)P3CCCP1[C@]3(C(F)(F)F)C[C@@]4(C)O[C@](C)(C[C@]1(C(F)(F)F)O4)O3)O2. The van der Waals surface area contributed by atoms with Gasteiger partial charge < -0.3 is 28.4 Å². The van der Waals surface area contributed by atoms with E-state index in [1.54, 1.807) is 0 Å². The van der Waals surface area contributed by atoms with Crippen LogP contribution >= 0.6 is 15.8 Å². The fourth-order valence-corrected chi connectivity index (χ4v) is 16.3. The zero-order valence-electron chi connectivity index (χ0n) is 22.8. The molecule has 0 amide bonds. The van der Waals surface area contributed by atoms with Crippen LogP contribution in [0.2, 0.25) is 0 Å². The first-order valence-corrected chi connectivity index (χ1v) is 16.1. The highest BCUT2D eigenvalue weighted by Gasteiger charge is 2.87. The molecule has 0 radical (unpaired) electrons. The van der Waals surface area contributed by atoms with Crippen LogP contribution in [-0.4, -0.2) is 81.5 Å². The van der Waals surface area contributed by atoms with Crippen molar-refractivity contribution in [3.63, 3.8) is 0 Å². The molecule has 8 atom stereocenters. The molecule has 0 N–H and O–H groups in total. The van der Waals surface area contributed by atoms with E-state index in [0.717, 1.165) is 27.7 Å². The van der Waals surface area contributed by atoms with Crippen molar-refractivity contribution in [2.24, 2.45) is 0 Å². The van der Waals surface area contributed by atoms with E-state index in [0.29, 0.717) is 0 Å². The predicted molar refractivity (Wildman–Crippen MR) is 122 cm³/mol. The van der Waals surface area contributed by atoms with E-state index in [4.69, 9.17) is 28.4 Å². The monoisotopic (exact) mass is 688 g/mol. The van der Waals surface area contributed by atoms with E-state index >= 15 is 0 Å². The first kappa shape index (κ1) is 32.7. The van der Waals surface area contributed by atoms with Gasteiger partial charge in [-0.05, 0) is 62.3 Å². The molecule has 0 aliphatic carbocycles. The summed E-state index contributed by atoms with van der Waals surface area (Å²) in [5, 5.41) is -13.8. The molecule has 0 unspecified atom stereocenters. The summed E-state index contributed by atoms with van der Waals surface area (Å²) in [5.74, 6) is -9.47. The second-order valence-electron chi connectivity index (χ2n) is 12.6. The second-order valence-corrected chi connectivity index (χ2v) is 18.1. The molecule has 0 aromatic heterocycles. The van der Waals surface area contributed by atoms with Crippen LogP contribution in [0.5, 0.6) is 0 Å². The Kier molecular flexibility index (Phi) is 6.41. The molecule has 20 heteroatoms. The third kappa shape index (κ3) is 4.18. The van der Waals surface area contributed by atoms with Crippen LogP contribution in [0, 0.1) is 0 Å². The van der Waals surface area contributed by atoms with Crippen molar-refractivity contribution in [1.29, 1.82) is 0 Å². The van der Waals surface area contributed by atoms with Crippen LogP contribution in [0.1, 0.15) is 59.8 Å². The summed E-state index contributed by atoms with van der Waals surface area (Å²) in [6, 6.07) is 0. The van der Waals surface area contributed by atoms with Gasteiger partial charge in [-0.1, -0.05) is 0 Å². The van der Waals surface area contributed by atoms with Crippen LogP contribution in [-0.2, 0) is 28.4 Å². The average Bonchev–Trinajstić information content (AvgIpc) is 2.70. The molecule has 8 bridgehead atoms. The van der Waals surface area contributed by atoms with E-state index in [1.165, 1.54) is 0 Å². The lowest BCUT2D eigenvalue weighted by Gasteiger charge is -2.71. The molecule has 8 saturated heterocycles. The molecule has 8 aliphatic heterocycles. The van der Waals surface area contributed by atoms with Crippen LogP contribution in [0.4, 0.5) is 52.7 Å². The largest absolute Gasteiger partial charge is 0.421 e. The minimum Gasteiger partial charge on any atom is -0.329 e. The maximum absolute atomic E-state index is 14.7. The Morgan fingerprint density at radius 1 is 0.419 bits per heavy atom. The Bertz CT molecular complexity index is 1000. The van der Waals surface area contributed by atoms with Gasteiger partial charge in [0, 0.05) is 25.7 Å². The number of alkyl halides is 12. The molecule has 8 fully saturated rings. The summed E-state index contributed by atoms with van der Waals surface area (Å²) < 4.78 is 209. The van der Waals surface area contributed by atoms with Gasteiger partial charge in [0.05, 0.1) is 0 Å². The van der Waals surface area contributed by atoms with Crippen molar-refractivity contribution in [3.05, 3.63) is 0 Å². The molecule has 6 nitrogen and oxygen atoms in total. The molecule has 43 heavy (non-hydrogen) atoms.